The monoisotopic (exact) mass is 208 g/mol. The Morgan fingerprint density at radius 1 is 1.33 bits per heavy atom. The van der Waals surface area contributed by atoms with E-state index in [1.807, 2.05) is 6.92 Å². The van der Waals surface area contributed by atoms with E-state index in [1.165, 1.54) is 6.33 Å². The van der Waals surface area contributed by atoms with Gasteiger partial charge in [0.15, 0.2) is 11.6 Å². The van der Waals surface area contributed by atoms with Gasteiger partial charge in [-0.25, -0.2) is 4.98 Å². The first-order chi connectivity index (χ1) is 7.20. The smallest absolute Gasteiger partial charge is 0.259 e. The summed E-state index contributed by atoms with van der Waals surface area (Å²) in [6.45, 7) is 1.89. The summed E-state index contributed by atoms with van der Waals surface area (Å²) < 4.78 is 12.0. The number of nitrogens with zero attached hydrogens (tertiary/aromatic N) is 3. The summed E-state index contributed by atoms with van der Waals surface area (Å²) in [6.07, 6.45) is 1.38. The topological polar surface area (TPSA) is 74.7 Å². The minimum absolute atomic E-state index is 0.407. The maximum atomic E-state index is 5.77. The van der Waals surface area contributed by atoms with Crippen molar-refractivity contribution in [2.75, 3.05) is 20.0 Å². The Bertz CT molecular complexity index is 506. The molecule has 0 aliphatic carbocycles. The second kappa shape index (κ2) is 3.30. The Morgan fingerprint density at radius 2 is 2.07 bits per heavy atom. The number of hydrogen-bond acceptors (Lipinski definition) is 5. The molecule has 0 saturated carbocycles. The fourth-order valence-corrected chi connectivity index (χ4v) is 1.66. The highest BCUT2D eigenvalue weighted by Crippen LogP contribution is 2.36. The summed E-state index contributed by atoms with van der Waals surface area (Å²) in [5.41, 5.74) is 7.35. The molecule has 0 saturated heterocycles. The molecular formula is C9H12N4O2. The van der Waals surface area contributed by atoms with E-state index in [-0.39, 0.29) is 0 Å². The lowest BCUT2D eigenvalue weighted by Crippen LogP contribution is -2.00. The zero-order valence-corrected chi connectivity index (χ0v) is 8.81. The lowest BCUT2D eigenvalue weighted by Gasteiger charge is -2.02. The molecule has 0 bridgehead atoms. The van der Waals surface area contributed by atoms with E-state index < -0.39 is 0 Å². The van der Waals surface area contributed by atoms with Crippen LogP contribution < -0.4 is 15.2 Å². The lowest BCUT2D eigenvalue weighted by atomic mass is 10.3. The largest absolute Gasteiger partial charge is 0.491 e. The zero-order chi connectivity index (χ0) is 11.0. The molecule has 0 aliphatic heterocycles. The van der Waals surface area contributed by atoms with Gasteiger partial charge in [-0.15, -0.1) is 0 Å². The second-order valence-corrected chi connectivity index (χ2v) is 3.07. The fourth-order valence-electron chi connectivity index (χ4n) is 1.66. The maximum Gasteiger partial charge on any atom is 0.259 e. The third-order valence-electron chi connectivity index (χ3n) is 2.30. The van der Waals surface area contributed by atoms with Gasteiger partial charge in [-0.3, -0.25) is 0 Å². The Hall–Kier alpha value is -1.98. The molecule has 0 unspecified atom stereocenters. The van der Waals surface area contributed by atoms with E-state index in [4.69, 9.17) is 15.2 Å². The van der Waals surface area contributed by atoms with Crippen LogP contribution in [0.15, 0.2) is 6.33 Å². The number of rotatable bonds is 2. The van der Waals surface area contributed by atoms with Crippen LogP contribution in [0.2, 0.25) is 0 Å². The van der Waals surface area contributed by atoms with Crippen molar-refractivity contribution in [1.29, 1.82) is 0 Å². The van der Waals surface area contributed by atoms with Gasteiger partial charge in [0, 0.05) is 5.56 Å². The van der Waals surface area contributed by atoms with E-state index in [1.54, 1.807) is 18.7 Å². The van der Waals surface area contributed by atoms with Gasteiger partial charge < -0.3 is 15.2 Å². The number of aromatic nitrogens is 3. The van der Waals surface area contributed by atoms with Crippen LogP contribution in [0.4, 0.5) is 5.82 Å². The van der Waals surface area contributed by atoms with Crippen LogP contribution in [0.25, 0.3) is 5.52 Å². The molecule has 0 spiro atoms. The first-order valence-electron chi connectivity index (χ1n) is 4.40. The average molecular weight is 208 g/mol. The van der Waals surface area contributed by atoms with Crippen LogP contribution in [-0.2, 0) is 0 Å². The summed E-state index contributed by atoms with van der Waals surface area (Å²) >= 11 is 0. The molecular weight excluding hydrogens is 196 g/mol. The SMILES string of the molecule is COc1c(C)c2c(N)ncnn2c1OC. The minimum Gasteiger partial charge on any atom is -0.491 e. The molecule has 2 heterocycles. The van der Waals surface area contributed by atoms with Gasteiger partial charge in [0.25, 0.3) is 5.88 Å². The van der Waals surface area contributed by atoms with Gasteiger partial charge in [-0.05, 0) is 6.92 Å². The Kier molecular flexibility index (Phi) is 2.11. The minimum atomic E-state index is 0.407. The zero-order valence-electron chi connectivity index (χ0n) is 8.81. The first kappa shape index (κ1) is 9.57. The van der Waals surface area contributed by atoms with Crippen LogP contribution >= 0.6 is 0 Å². The van der Waals surface area contributed by atoms with Gasteiger partial charge >= 0.3 is 0 Å². The molecule has 2 aromatic rings. The molecule has 6 nitrogen and oxygen atoms in total. The van der Waals surface area contributed by atoms with Gasteiger partial charge in [-0.1, -0.05) is 0 Å². The number of nitrogens with two attached hydrogens (primary N) is 1. The predicted octanol–water partition coefficient (Wildman–Crippen LogP) is 0.637. The van der Waals surface area contributed by atoms with Crippen molar-refractivity contribution in [2.45, 2.75) is 6.92 Å². The number of aryl methyl sites for hydroxylation is 1. The Morgan fingerprint density at radius 3 is 2.67 bits per heavy atom. The van der Waals surface area contributed by atoms with E-state index in [2.05, 4.69) is 10.1 Å². The van der Waals surface area contributed by atoms with Crippen molar-refractivity contribution >= 4 is 11.3 Å². The molecule has 6 heteroatoms. The van der Waals surface area contributed by atoms with Crippen LogP contribution in [0.1, 0.15) is 5.56 Å². The Balaban J connectivity index is 2.91. The summed E-state index contributed by atoms with van der Waals surface area (Å²) in [4.78, 5) is 3.93. The number of anilines is 1. The van der Waals surface area contributed by atoms with E-state index in [0.29, 0.717) is 23.0 Å². The highest BCUT2D eigenvalue weighted by Gasteiger charge is 2.19. The number of methoxy groups -OCH3 is 2. The fraction of sp³-hybridized carbons (Fsp3) is 0.333. The van der Waals surface area contributed by atoms with Gasteiger partial charge in [-0.2, -0.15) is 9.61 Å². The third kappa shape index (κ3) is 1.18. The molecule has 80 valence electrons. The molecule has 2 aromatic heterocycles. The normalized spacial score (nSPS) is 10.6. The summed E-state index contributed by atoms with van der Waals surface area (Å²) in [6, 6.07) is 0. The van der Waals surface area contributed by atoms with E-state index in [0.717, 1.165) is 5.56 Å². The molecule has 15 heavy (non-hydrogen) atoms. The van der Waals surface area contributed by atoms with Crippen molar-refractivity contribution in [3.63, 3.8) is 0 Å². The molecule has 0 atom stereocenters. The first-order valence-corrected chi connectivity index (χ1v) is 4.40. The number of hydrogen-bond donors (Lipinski definition) is 1. The number of ether oxygens (including phenoxy) is 2. The second-order valence-electron chi connectivity index (χ2n) is 3.07. The molecule has 0 aromatic carbocycles. The average Bonchev–Trinajstić information content (AvgIpc) is 2.52. The van der Waals surface area contributed by atoms with Gasteiger partial charge in [0.2, 0.25) is 0 Å². The van der Waals surface area contributed by atoms with Gasteiger partial charge in [0.05, 0.1) is 14.2 Å². The highest BCUT2D eigenvalue weighted by atomic mass is 16.5. The van der Waals surface area contributed by atoms with Crippen LogP contribution in [0.5, 0.6) is 11.6 Å². The molecule has 2 N–H and O–H groups in total. The molecule has 0 aliphatic rings. The standard InChI is InChI=1S/C9H12N4O2/c1-5-6-8(10)11-4-12-13(6)9(15-3)7(5)14-2/h4H,1-3H3,(H2,10,11,12). The van der Waals surface area contributed by atoms with Gasteiger partial charge in [0.1, 0.15) is 11.8 Å². The predicted molar refractivity (Wildman–Crippen MR) is 55.2 cm³/mol. The lowest BCUT2D eigenvalue weighted by molar-refractivity contribution is 0.338. The number of nitrogen functional groups attached to an aromatic ring is 1. The summed E-state index contributed by atoms with van der Waals surface area (Å²) in [5.74, 6) is 1.56. The summed E-state index contributed by atoms with van der Waals surface area (Å²) in [7, 11) is 3.13. The van der Waals surface area contributed by atoms with Crippen LogP contribution in [0.3, 0.4) is 0 Å². The molecule has 2 rings (SSSR count). The van der Waals surface area contributed by atoms with Crippen LogP contribution in [-0.4, -0.2) is 28.8 Å². The van der Waals surface area contributed by atoms with Crippen LogP contribution in [0, 0.1) is 6.92 Å². The Labute approximate surface area is 86.6 Å². The van der Waals surface area contributed by atoms with Crippen molar-refractivity contribution in [3.05, 3.63) is 11.9 Å². The van der Waals surface area contributed by atoms with Crippen molar-refractivity contribution in [2.24, 2.45) is 0 Å². The maximum absolute atomic E-state index is 5.77. The molecule has 0 amide bonds. The summed E-state index contributed by atoms with van der Waals surface area (Å²) in [5, 5.41) is 4.06. The molecule has 0 radical (unpaired) electrons. The van der Waals surface area contributed by atoms with Crippen molar-refractivity contribution < 1.29 is 9.47 Å². The van der Waals surface area contributed by atoms with Crippen molar-refractivity contribution in [3.8, 4) is 11.6 Å². The third-order valence-corrected chi connectivity index (χ3v) is 2.30. The van der Waals surface area contributed by atoms with E-state index in [9.17, 15) is 0 Å². The van der Waals surface area contributed by atoms with Crippen molar-refractivity contribution in [1.82, 2.24) is 14.6 Å². The number of fused-ring (bicyclic) bond motifs is 1. The quantitative estimate of drug-likeness (QED) is 0.783. The highest BCUT2D eigenvalue weighted by molar-refractivity contribution is 5.76. The molecule has 0 fully saturated rings. The van der Waals surface area contributed by atoms with E-state index >= 15 is 0 Å².